The van der Waals surface area contributed by atoms with Crippen LogP contribution in [0.4, 0.5) is 5.82 Å². The van der Waals surface area contributed by atoms with Crippen molar-refractivity contribution in [3.05, 3.63) is 65.9 Å². The molecule has 4 aliphatic carbocycles. The number of nitrogens with zero attached hydrogens (tertiary/aromatic N) is 3. The SMILES string of the molecule is CCN(CC(=O)Nc1c(-c2ccccc2)c(C)nn1-c1ccccc1C)C(=O)C12CC3CC(CC(C3)C1)C2. The molecule has 6 nitrogen and oxygen atoms in total. The summed E-state index contributed by atoms with van der Waals surface area (Å²) < 4.78 is 1.84. The molecule has 1 aromatic heterocycles. The highest BCUT2D eigenvalue weighted by Gasteiger charge is 2.55. The summed E-state index contributed by atoms with van der Waals surface area (Å²) in [5, 5.41) is 8.04. The lowest BCUT2D eigenvalue weighted by Crippen LogP contribution is -2.55. The molecule has 2 aromatic carbocycles. The Balaban J connectivity index is 1.29. The lowest BCUT2D eigenvalue weighted by molar-refractivity contribution is -0.158. The first kappa shape index (κ1) is 24.9. The molecule has 0 unspecified atom stereocenters. The fourth-order valence-electron chi connectivity index (χ4n) is 7.95. The fourth-order valence-corrected chi connectivity index (χ4v) is 7.95. The maximum absolute atomic E-state index is 14.0. The highest BCUT2D eigenvalue weighted by atomic mass is 16.2. The Morgan fingerprint density at radius 2 is 1.55 bits per heavy atom. The van der Waals surface area contributed by atoms with Crippen LogP contribution in [-0.2, 0) is 9.59 Å². The Morgan fingerprint density at radius 3 is 2.16 bits per heavy atom. The molecule has 3 aromatic rings. The van der Waals surface area contributed by atoms with Crippen molar-refractivity contribution < 1.29 is 9.59 Å². The third kappa shape index (κ3) is 4.34. The number of carbonyl (C=O) groups excluding carboxylic acids is 2. The molecule has 2 amide bonds. The number of nitrogens with one attached hydrogen (secondary N) is 1. The summed E-state index contributed by atoms with van der Waals surface area (Å²) in [4.78, 5) is 29.4. The van der Waals surface area contributed by atoms with Crippen LogP contribution < -0.4 is 5.32 Å². The molecule has 0 aliphatic heterocycles. The summed E-state index contributed by atoms with van der Waals surface area (Å²) in [6, 6.07) is 18.1. The molecule has 4 fully saturated rings. The summed E-state index contributed by atoms with van der Waals surface area (Å²) in [7, 11) is 0. The number of hydrogen-bond donors (Lipinski definition) is 1. The van der Waals surface area contributed by atoms with Gasteiger partial charge in [0.05, 0.1) is 23.3 Å². The van der Waals surface area contributed by atoms with Crippen LogP contribution in [0.2, 0.25) is 0 Å². The lowest BCUT2D eigenvalue weighted by atomic mass is 9.49. The van der Waals surface area contributed by atoms with E-state index < -0.39 is 0 Å². The van der Waals surface area contributed by atoms with Gasteiger partial charge in [-0.15, -0.1) is 0 Å². The molecule has 38 heavy (non-hydrogen) atoms. The van der Waals surface area contributed by atoms with E-state index >= 15 is 0 Å². The van der Waals surface area contributed by atoms with Crippen molar-refractivity contribution in [2.45, 2.75) is 59.3 Å². The molecule has 1 N–H and O–H groups in total. The van der Waals surface area contributed by atoms with Gasteiger partial charge >= 0.3 is 0 Å². The van der Waals surface area contributed by atoms with Crippen LogP contribution in [0.15, 0.2) is 54.6 Å². The van der Waals surface area contributed by atoms with E-state index in [1.165, 1.54) is 19.3 Å². The number of carbonyl (C=O) groups is 2. The quantitative estimate of drug-likeness (QED) is 0.414. The molecule has 0 spiro atoms. The zero-order chi connectivity index (χ0) is 26.4. The normalized spacial score (nSPS) is 25.4. The van der Waals surface area contributed by atoms with Gasteiger partial charge in [0.2, 0.25) is 11.8 Å². The predicted octanol–water partition coefficient (Wildman–Crippen LogP) is 6.16. The van der Waals surface area contributed by atoms with E-state index in [2.05, 4.69) is 5.32 Å². The molecule has 4 bridgehead atoms. The van der Waals surface area contributed by atoms with Gasteiger partial charge in [0.25, 0.3) is 0 Å². The smallest absolute Gasteiger partial charge is 0.245 e. The minimum absolute atomic E-state index is 0.0588. The van der Waals surface area contributed by atoms with Gasteiger partial charge in [-0.3, -0.25) is 9.59 Å². The van der Waals surface area contributed by atoms with Crippen LogP contribution in [0.25, 0.3) is 16.8 Å². The second-order valence-electron chi connectivity index (χ2n) is 11.9. The molecule has 6 heteroatoms. The number of anilines is 1. The monoisotopic (exact) mass is 510 g/mol. The van der Waals surface area contributed by atoms with Gasteiger partial charge in [0.15, 0.2) is 0 Å². The Kier molecular flexibility index (Phi) is 6.37. The summed E-state index contributed by atoms with van der Waals surface area (Å²) in [6.07, 6.45) is 6.91. The van der Waals surface area contributed by atoms with Crippen LogP contribution in [0.1, 0.15) is 56.7 Å². The molecule has 0 saturated heterocycles. The highest BCUT2D eigenvalue weighted by molar-refractivity contribution is 5.98. The van der Waals surface area contributed by atoms with Gasteiger partial charge in [-0.25, -0.2) is 4.68 Å². The minimum atomic E-state index is -0.250. The number of amides is 2. The molecule has 4 saturated carbocycles. The van der Waals surface area contributed by atoms with Crippen molar-refractivity contribution in [2.75, 3.05) is 18.4 Å². The zero-order valence-corrected chi connectivity index (χ0v) is 22.7. The van der Waals surface area contributed by atoms with Gasteiger partial charge in [-0.2, -0.15) is 5.10 Å². The molecule has 4 aliphatic rings. The highest BCUT2D eigenvalue weighted by Crippen LogP contribution is 2.60. The first-order chi connectivity index (χ1) is 18.4. The largest absolute Gasteiger partial charge is 0.333 e. The predicted molar refractivity (Wildman–Crippen MR) is 150 cm³/mol. The Labute approximate surface area is 225 Å². The third-order valence-electron chi connectivity index (χ3n) is 9.22. The summed E-state index contributed by atoms with van der Waals surface area (Å²) in [5.74, 6) is 2.73. The number of aromatic nitrogens is 2. The number of hydrogen-bond acceptors (Lipinski definition) is 3. The van der Waals surface area contributed by atoms with Crippen LogP contribution in [0, 0.1) is 37.0 Å². The minimum Gasteiger partial charge on any atom is -0.333 e. The van der Waals surface area contributed by atoms with Crippen molar-refractivity contribution in [1.82, 2.24) is 14.7 Å². The van der Waals surface area contributed by atoms with E-state index in [1.807, 2.05) is 80.1 Å². The van der Waals surface area contributed by atoms with Gasteiger partial charge in [0.1, 0.15) is 5.82 Å². The van der Waals surface area contributed by atoms with Crippen molar-refractivity contribution in [1.29, 1.82) is 0 Å². The molecule has 1 heterocycles. The van der Waals surface area contributed by atoms with Gasteiger partial charge in [-0.05, 0) is 94.2 Å². The molecular weight excluding hydrogens is 472 g/mol. The summed E-state index contributed by atoms with van der Waals surface area (Å²) in [5.41, 5.74) is 4.48. The molecule has 198 valence electrons. The zero-order valence-electron chi connectivity index (χ0n) is 22.7. The second kappa shape index (κ2) is 9.72. The lowest BCUT2D eigenvalue weighted by Gasteiger charge is -2.56. The molecule has 7 rings (SSSR count). The first-order valence-corrected chi connectivity index (χ1v) is 14.2. The van der Waals surface area contributed by atoms with Crippen LogP contribution in [0.5, 0.6) is 0 Å². The average molecular weight is 511 g/mol. The van der Waals surface area contributed by atoms with Gasteiger partial charge in [0, 0.05) is 12.1 Å². The van der Waals surface area contributed by atoms with E-state index in [-0.39, 0.29) is 23.8 Å². The Morgan fingerprint density at radius 1 is 0.947 bits per heavy atom. The van der Waals surface area contributed by atoms with Crippen LogP contribution in [0.3, 0.4) is 0 Å². The number of benzene rings is 2. The maximum atomic E-state index is 14.0. The molecular formula is C32H38N4O2. The van der Waals surface area contributed by atoms with E-state index in [1.54, 1.807) is 4.90 Å². The molecule has 0 radical (unpaired) electrons. The second-order valence-corrected chi connectivity index (χ2v) is 11.9. The average Bonchev–Trinajstić information content (AvgIpc) is 3.21. The number of rotatable bonds is 7. The van der Waals surface area contributed by atoms with Crippen molar-refractivity contribution >= 4 is 17.6 Å². The first-order valence-electron chi connectivity index (χ1n) is 14.2. The van der Waals surface area contributed by atoms with Gasteiger partial charge in [-0.1, -0.05) is 48.5 Å². The van der Waals surface area contributed by atoms with E-state index in [9.17, 15) is 9.59 Å². The number of para-hydroxylation sites is 1. The summed E-state index contributed by atoms with van der Waals surface area (Å²) >= 11 is 0. The van der Waals surface area contributed by atoms with E-state index in [0.29, 0.717) is 30.1 Å². The third-order valence-corrected chi connectivity index (χ3v) is 9.22. The number of likely N-dealkylation sites (N-methyl/N-ethyl adjacent to an activating group) is 1. The topological polar surface area (TPSA) is 67.2 Å². The van der Waals surface area contributed by atoms with Gasteiger partial charge < -0.3 is 10.2 Å². The van der Waals surface area contributed by atoms with Crippen LogP contribution in [-0.4, -0.2) is 39.6 Å². The van der Waals surface area contributed by atoms with E-state index in [0.717, 1.165) is 47.3 Å². The number of aryl methyl sites for hydroxylation is 2. The van der Waals surface area contributed by atoms with E-state index in [4.69, 9.17) is 5.10 Å². The van der Waals surface area contributed by atoms with Crippen molar-refractivity contribution in [3.63, 3.8) is 0 Å². The standard InChI is InChI=1S/C32H38N4O2/c1-4-35(31(38)32-17-23-14-24(18-32)16-25(15-23)19-32)20-28(37)33-30-29(26-11-6-5-7-12-26)22(3)34-36(30)27-13-9-8-10-21(27)2/h5-13,23-25H,4,14-20H2,1-3H3,(H,33,37). The Hall–Kier alpha value is -3.41. The van der Waals surface area contributed by atoms with Crippen molar-refractivity contribution in [3.8, 4) is 16.8 Å². The molecule has 0 atom stereocenters. The Bertz CT molecular complexity index is 1320. The summed E-state index contributed by atoms with van der Waals surface area (Å²) in [6.45, 7) is 6.60. The fraction of sp³-hybridized carbons (Fsp3) is 0.469. The van der Waals surface area contributed by atoms with Crippen LogP contribution >= 0.6 is 0 Å². The maximum Gasteiger partial charge on any atom is 0.245 e. The van der Waals surface area contributed by atoms with Crippen molar-refractivity contribution in [2.24, 2.45) is 23.2 Å².